The second-order valence-electron chi connectivity index (χ2n) is 8.33. The van der Waals surface area contributed by atoms with Crippen molar-refractivity contribution in [2.75, 3.05) is 69.2 Å². The van der Waals surface area contributed by atoms with Gasteiger partial charge < -0.3 is 24.0 Å². The minimum absolute atomic E-state index is 0.0185. The van der Waals surface area contributed by atoms with Gasteiger partial charge in [-0.3, -0.25) is 9.36 Å². The monoisotopic (exact) mass is 437 g/mol. The number of oxazole rings is 1. The first-order valence-electron chi connectivity index (χ1n) is 11.0. The number of para-hydroxylation sites is 2. The summed E-state index contributed by atoms with van der Waals surface area (Å²) in [6.07, 6.45) is 0. The molecule has 2 fully saturated rings. The predicted octanol–water partition coefficient (Wildman–Crippen LogP) is 0.485. The molecule has 4 heterocycles. The number of carbonyl (C=O) groups excluding carboxylic acids is 1. The molecular formula is C22H27N7O3. The zero-order chi connectivity index (χ0) is 22.1. The average Bonchev–Trinajstić information content (AvgIpc) is 3.15. The van der Waals surface area contributed by atoms with Crippen molar-refractivity contribution in [3.05, 3.63) is 46.9 Å². The molecular weight excluding hydrogens is 410 g/mol. The molecule has 0 spiro atoms. The second kappa shape index (κ2) is 8.62. The molecule has 2 saturated heterocycles. The summed E-state index contributed by atoms with van der Waals surface area (Å²) in [4.78, 5) is 33.5. The highest BCUT2D eigenvalue weighted by molar-refractivity contribution is 5.79. The summed E-state index contributed by atoms with van der Waals surface area (Å²) in [7, 11) is 2.13. The second-order valence-corrected chi connectivity index (χ2v) is 8.33. The lowest BCUT2D eigenvalue weighted by molar-refractivity contribution is -0.132. The maximum absolute atomic E-state index is 12.8. The zero-order valence-electron chi connectivity index (χ0n) is 18.2. The molecule has 5 rings (SSSR count). The minimum atomic E-state index is -0.506. The van der Waals surface area contributed by atoms with Gasteiger partial charge in [-0.1, -0.05) is 12.1 Å². The van der Waals surface area contributed by atoms with Crippen LogP contribution in [0.1, 0.15) is 0 Å². The van der Waals surface area contributed by atoms with E-state index in [1.165, 1.54) is 4.57 Å². The normalized spacial score (nSPS) is 17.8. The van der Waals surface area contributed by atoms with Crippen LogP contribution in [0.15, 0.2) is 45.6 Å². The van der Waals surface area contributed by atoms with Crippen molar-refractivity contribution in [3.8, 4) is 0 Å². The largest absolute Gasteiger partial charge is 0.420 e. The molecule has 0 atom stereocenters. The van der Waals surface area contributed by atoms with Crippen LogP contribution < -0.4 is 15.6 Å². The van der Waals surface area contributed by atoms with Crippen molar-refractivity contribution in [1.82, 2.24) is 24.6 Å². The van der Waals surface area contributed by atoms with E-state index in [2.05, 4.69) is 31.9 Å². The van der Waals surface area contributed by atoms with Gasteiger partial charge in [0, 0.05) is 52.4 Å². The fourth-order valence-corrected chi connectivity index (χ4v) is 4.27. The smallest absolute Gasteiger partial charge is 0.408 e. The lowest BCUT2D eigenvalue weighted by atomic mass is 10.3. The highest BCUT2D eigenvalue weighted by Crippen LogP contribution is 2.18. The maximum atomic E-state index is 12.8. The molecule has 168 valence electrons. The Kier molecular flexibility index (Phi) is 5.52. The van der Waals surface area contributed by atoms with Gasteiger partial charge in [0.2, 0.25) is 5.91 Å². The Labute approximate surface area is 185 Å². The van der Waals surface area contributed by atoms with E-state index in [9.17, 15) is 9.59 Å². The Bertz CT molecular complexity index is 1140. The molecule has 0 N–H and O–H groups in total. The van der Waals surface area contributed by atoms with E-state index in [4.69, 9.17) is 4.42 Å². The van der Waals surface area contributed by atoms with Crippen molar-refractivity contribution in [2.24, 2.45) is 0 Å². The predicted molar refractivity (Wildman–Crippen MR) is 121 cm³/mol. The third kappa shape index (κ3) is 4.05. The van der Waals surface area contributed by atoms with Gasteiger partial charge in [-0.15, -0.1) is 10.2 Å². The number of amides is 1. The van der Waals surface area contributed by atoms with Gasteiger partial charge in [-0.2, -0.15) is 0 Å². The van der Waals surface area contributed by atoms with E-state index in [1.54, 1.807) is 23.1 Å². The molecule has 2 aliphatic heterocycles. The first kappa shape index (κ1) is 20.5. The van der Waals surface area contributed by atoms with Crippen LogP contribution in [0.5, 0.6) is 0 Å². The number of nitrogens with zero attached hydrogens (tertiary/aromatic N) is 7. The first-order chi connectivity index (χ1) is 15.6. The number of carbonyl (C=O) groups is 1. The summed E-state index contributed by atoms with van der Waals surface area (Å²) >= 11 is 0. The lowest BCUT2D eigenvalue weighted by Crippen LogP contribution is -2.50. The third-order valence-electron chi connectivity index (χ3n) is 6.29. The van der Waals surface area contributed by atoms with E-state index >= 15 is 0 Å². The number of anilines is 2. The summed E-state index contributed by atoms with van der Waals surface area (Å²) < 4.78 is 6.62. The average molecular weight is 438 g/mol. The van der Waals surface area contributed by atoms with Crippen molar-refractivity contribution in [1.29, 1.82) is 0 Å². The van der Waals surface area contributed by atoms with Crippen molar-refractivity contribution < 1.29 is 9.21 Å². The van der Waals surface area contributed by atoms with Crippen LogP contribution in [0.2, 0.25) is 0 Å². The summed E-state index contributed by atoms with van der Waals surface area (Å²) in [5.41, 5.74) is 1.13. The highest BCUT2D eigenvalue weighted by Gasteiger charge is 2.24. The summed E-state index contributed by atoms with van der Waals surface area (Å²) in [5.74, 6) is 1.14. The summed E-state index contributed by atoms with van der Waals surface area (Å²) in [5, 5.41) is 8.86. The molecule has 0 bridgehead atoms. The quantitative estimate of drug-likeness (QED) is 0.582. The molecule has 1 amide bonds. The number of hydrogen-bond acceptors (Lipinski definition) is 8. The van der Waals surface area contributed by atoms with E-state index in [-0.39, 0.29) is 12.5 Å². The maximum Gasteiger partial charge on any atom is 0.420 e. The number of fused-ring (bicyclic) bond motifs is 1. The van der Waals surface area contributed by atoms with Gasteiger partial charge in [0.1, 0.15) is 6.54 Å². The van der Waals surface area contributed by atoms with Gasteiger partial charge in [0.15, 0.2) is 17.2 Å². The molecule has 2 aromatic heterocycles. The molecule has 10 heteroatoms. The van der Waals surface area contributed by atoms with Gasteiger partial charge in [0.05, 0.1) is 5.52 Å². The highest BCUT2D eigenvalue weighted by atomic mass is 16.4. The Morgan fingerprint density at radius 2 is 1.47 bits per heavy atom. The van der Waals surface area contributed by atoms with E-state index in [0.717, 1.165) is 37.8 Å². The molecule has 1 aromatic carbocycles. The SMILES string of the molecule is CN1CCN(c2ccc(N3CCN(C(=O)Cn4c(=O)oc5ccccc54)CC3)nn2)CC1. The number of rotatable bonds is 4. The number of hydrogen-bond donors (Lipinski definition) is 0. The topological polar surface area (TPSA) is 91.0 Å². The van der Waals surface area contributed by atoms with Crippen LogP contribution in [0.3, 0.4) is 0 Å². The Hall–Kier alpha value is -3.40. The van der Waals surface area contributed by atoms with Crippen LogP contribution >= 0.6 is 0 Å². The number of benzene rings is 1. The van der Waals surface area contributed by atoms with Gasteiger partial charge in [0.25, 0.3) is 0 Å². The Morgan fingerprint density at radius 3 is 2.09 bits per heavy atom. The van der Waals surface area contributed by atoms with Crippen LogP contribution in [0.25, 0.3) is 11.1 Å². The van der Waals surface area contributed by atoms with E-state index in [0.29, 0.717) is 37.3 Å². The van der Waals surface area contributed by atoms with Gasteiger partial charge >= 0.3 is 5.76 Å². The van der Waals surface area contributed by atoms with Crippen LogP contribution in [-0.4, -0.2) is 89.9 Å². The van der Waals surface area contributed by atoms with Crippen molar-refractivity contribution in [2.45, 2.75) is 6.54 Å². The lowest BCUT2D eigenvalue weighted by Gasteiger charge is -2.35. The van der Waals surface area contributed by atoms with Crippen LogP contribution in [-0.2, 0) is 11.3 Å². The van der Waals surface area contributed by atoms with Crippen molar-refractivity contribution in [3.63, 3.8) is 0 Å². The minimum Gasteiger partial charge on any atom is -0.408 e. The van der Waals surface area contributed by atoms with E-state index < -0.39 is 5.76 Å². The molecule has 0 unspecified atom stereocenters. The number of likely N-dealkylation sites (N-methyl/N-ethyl adjacent to an activating group) is 1. The Balaban J connectivity index is 1.18. The molecule has 0 radical (unpaired) electrons. The van der Waals surface area contributed by atoms with Crippen LogP contribution in [0.4, 0.5) is 11.6 Å². The molecule has 2 aliphatic rings. The fraction of sp³-hybridized carbons (Fsp3) is 0.455. The molecule has 32 heavy (non-hydrogen) atoms. The molecule has 0 saturated carbocycles. The summed E-state index contributed by atoms with van der Waals surface area (Å²) in [6.45, 7) is 6.46. The van der Waals surface area contributed by atoms with E-state index in [1.807, 2.05) is 18.2 Å². The van der Waals surface area contributed by atoms with Gasteiger partial charge in [-0.25, -0.2) is 4.79 Å². The standard InChI is InChI=1S/C22H27N7O3/c1-25-8-10-26(11-9-25)19-6-7-20(24-23-19)27-12-14-28(15-13-27)21(30)16-29-17-4-2-3-5-18(17)32-22(29)31/h2-7H,8-16H2,1H3. The van der Waals surface area contributed by atoms with Gasteiger partial charge in [-0.05, 0) is 31.3 Å². The first-order valence-corrected chi connectivity index (χ1v) is 11.0. The zero-order valence-corrected chi connectivity index (χ0v) is 18.2. The number of aromatic nitrogens is 3. The third-order valence-corrected chi connectivity index (χ3v) is 6.29. The number of piperazine rings is 2. The Morgan fingerprint density at radius 1 is 0.875 bits per heavy atom. The van der Waals surface area contributed by atoms with Crippen molar-refractivity contribution >= 4 is 28.6 Å². The molecule has 3 aromatic rings. The molecule has 10 nitrogen and oxygen atoms in total. The van der Waals surface area contributed by atoms with Crippen LogP contribution in [0, 0.1) is 0 Å². The summed E-state index contributed by atoms with van der Waals surface area (Å²) in [6, 6.07) is 11.2. The fourth-order valence-electron chi connectivity index (χ4n) is 4.27. The molecule has 0 aliphatic carbocycles.